The number of anilines is 1. The summed E-state index contributed by atoms with van der Waals surface area (Å²) >= 11 is 3.38. The Labute approximate surface area is 196 Å². The molecule has 0 saturated heterocycles. The maximum atomic E-state index is 13.6. The quantitative estimate of drug-likeness (QED) is 0.480. The molecule has 0 unspecified atom stereocenters. The fourth-order valence-electron chi connectivity index (χ4n) is 3.81. The van der Waals surface area contributed by atoms with Gasteiger partial charge in [0.15, 0.2) is 5.76 Å². The second-order valence-corrected chi connectivity index (χ2v) is 10.5. The molecule has 0 saturated carbocycles. The lowest BCUT2D eigenvalue weighted by atomic mass is 10.0. The summed E-state index contributed by atoms with van der Waals surface area (Å²) in [5, 5.41) is 10.8. The number of aryl methyl sites for hydroxylation is 2. The van der Waals surface area contributed by atoms with Crippen molar-refractivity contribution in [3.63, 3.8) is 0 Å². The molecule has 1 aliphatic heterocycles. The van der Waals surface area contributed by atoms with E-state index in [0.717, 1.165) is 22.0 Å². The third-order valence-electron chi connectivity index (χ3n) is 5.59. The van der Waals surface area contributed by atoms with Crippen LogP contribution in [0.15, 0.2) is 92.8 Å². The molecule has 0 aromatic heterocycles. The summed E-state index contributed by atoms with van der Waals surface area (Å²) in [6.07, 6.45) is 0.829. The molecule has 1 heterocycles. The molecule has 1 amide bonds. The average molecular weight is 512 g/mol. The van der Waals surface area contributed by atoms with E-state index in [2.05, 4.69) is 15.9 Å². The number of nitrogens with zero attached hydrogens (tertiary/aromatic N) is 1. The molecular formula is C25H22BrNO4S. The minimum absolute atomic E-state index is 0.0327. The molecule has 4 rings (SSSR count). The van der Waals surface area contributed by atoms with Gasteiger partial charge in [-0.2, -0.15) is 0 Å². The molecule has 3 aromatic rings. The van der Waals surface area contributed by atoms with E-state index in [4.69, 9.17) is 0 Å². The number of sulfone groups is 1. The summed E-state index contributed by atoms with van der Waals surface area (Å²) in [6, 6.07) is 19.8. The molecule has 1 aliphatic rings. The van der Waals surface area contributed by atoms with Crippen LogP contribution < -0.4 is 4.90 Å². The Morgan fingerprint density at radius 1 is 0.938 bits per heavy atom. The van der Waals surface area contributed by atoms with Crippen molar-refractivity contribution in [2.75, 3.05) is 4.90 Å². The fourth-order valence-corrected chi connectivity index (χ4v) is 5.70. The van der Waals surface area contributed by atoms with Gasteiger partial charge in [-0.3, -0.25) is 9.69 Å². The first-order chi connectivity index (χ1) is 15.2. The second kappa shape index (κ2) is 8.56. The highest BCUT2D eigenvalue weighted by molar-refractivity contribution is 9.10. The Hall–Kier alpha value is -2.90. The van der Waals surface area contributed by atoms with Gasteiger partial charge >= 0.3 is 0 Å². The summed E-state index contributed by atoms with van der Waals surface area (Å²) in [6.45, 7) is 3.89. The molecule has 0 radical (unpaired) electrons. The molecule has 1 N–H and O–H groups in total. The number of halogens is 1. The number of hydrogen-bond acceptors (Lipinski definition) is 4. The predicted octanol–water partition coefficient (Wildman–Crippen LogP) is 5.65. The molecule has 1 atom stereocenters. The van der Waals surface area contributed by atoms with Gasteiger partial charge in [-0.25, -0.2) is 8.42 Å². The molecule has 0 aliphatic carbocycles. The largest absolute Gasteiger partial charge is 0.502 e. The van der Waals surface area contributed by atoms with Crippen LogP contribution in [0.4, 0.5) is 5.69 Å². The van der Waals surface area contributed by atoms with Crippen LogP contribution in [0.5, 0.6) is 0 Å². The van der Waals surface area contributed by atoms with Crippen LogP contribution in [0.3, 0.4) is 0 Å². The van der Waals surface area contributed by atoms with E-state index in [0.29, 0.717) is 11.3 Å². The van der Waals surface area contributed by atoms with Gasteiger partial charge in [-0.15, -0.1) is 0 Å². The molecular weight excluding hydrogens is 490 g/mol. The molecule has 5 nitrogen and oxygen atoms in total. The highest BCUT2D eigenvalue weighted by atomic mass is 79.9. The van der Waals surface area contributed by atoms with E-state index in [-0.39, 0.29) is 9.80 Å². The molecule has 3 aromatic carbocycles. The second-order valence-electron chi connectivity index (χ2n) is 7.68. The number of hydrogen-bond donors (Lipinski definition) is 1. The van der Waals surface area contributed by atoms with Gasteiger partial charge < -0.3 is 5.11 Å². The van der Waals surface area contributed by atoms with E-state index in [1.165, 1.54) is 17.0 Å². The zero-order chi connectivity index (χ0) is 23.0. The Balaban J connectivity index is 1.92. The van der Waals surface area contributed by atoms with Crippen molar-refractivity contribution in [1.29, 1.82) is 0 Å². The van der Waals surface area contributed by atoms with Gasteiger partial charge in [-0.05, 0) is 60.9 Å². The predicted molar refractivity (Wildman–Crippen MR) is 128 cm³/mol. The van der Waals surface area contributed by atoms with Gasteiger partial charge in [0.2, 0.25) is 9.84 Å². The number of rotatable bonds is 5. The summed E-state index contributed by atoms with van der Waals surface area (Å²) in [5.41, 5.74) is 3.09. The van der Waals surface area contributed by atoms with E-state index < -0.39 is 27.5 Å². The van der Waals surface area contributed by atoms with Gasteiger partial charge in [0.25, 0.3) is 5.91 Å². The Bertz CT molecular complexity index is 1300. The van der Waals surface area contributed by atoms with Crippen LogP contribution >= 0.6 is 15.9 Å². The molecule has 164 valence electrons. The number of carbonyl (C=O) groups excluding carboxylic acids is 1. The zero-order valence-electron chi connectivity index (χ0n) is 17.6. The number of aliphatic hydroxyl groups excluding tert-OH is 1. The smallest absolute Gasteiger partial charge is 0.295 e. The van der Waals surface area contributed by atoms with Crippen LogP contribution in [0.25, 0.3) is 0 Å². The Morgan fingerprint density at radius 2 is 1.53 bits per heavy atom. The normalized spacial score (nSPS) is 16.7. The average Bonchev–Trinajstić information content (AvgIpc) is 3.06. The highest BCUT2D eigenvalue weighted by Gasteiger charge is 2.47. The van der Waals surface area contributed by atoms with Crippen LogP contribution in [0.1, 0.15) is 29.7 Å². The van der Waals surface area contributed by atoms with Crippen LogP contribution in [0.2, 0.25) is 0 Å². The molecule has 0 bridgehead atoms. The first kappa shape index (κ1) is 22.3. The number of carbonyl (C=O) groups is 1. The van der Waals surface area contributed by atoms with Gasteiger partial charge in [-0.1, -0.05) is 64.8 Å². The number of benzene rings is 3. The van der Waals surface area contributed by atoms with Crippen molar-refractivity contribution in [3.8, 4) is 0 Å². The van der Waals surface area contributed by atoms with E-state index >= 15 is 0 Å². The van der Waals surface area contributed by atoms with Crippen molar-refractivity contribution in [3.05, 3.63) is 105 Å². The topological polar surface area (TPSA) is 74.7 Å². The highest BCUT2D eigenvalue weighted by Crippen LogP contribution is 2.45. The van der Waals surface area contributed by atoms with Crippen molar-refractivity contribution in [2.45, 2.75) is 31.2 Å². The summed E-state index contributed by atoms with van der Waals surface area (Å²) in [5.74, 6) is -1.50. The molecule has 7 heteroatoms. The maximum absolute atomic E-state index is 13.6. The first-order valence-electron chi connectivity index (χ1n) is 10.2. The van der Waals surface area contributed by atoms with E-state index in [1.807, 2.05) is 38.1 Å². The third-order valence-corrected chi connectivity index (χ3v) is 8.01. The minimum atomic E-state index is -4.14. The first-order valence-corrected chi connectivity index (χ1v) is 12.4. The number of amides is 1. The monoisotopic (exact) mass is 511 g/mol. The van der Waals surface area contributed by atoms with Crippen LogP contribution in [-0.2, 0) is 21.1 Å². The van der Waals surface area contributed by atoms with Crippen molar-refractivity contribution >= 4 is 37.4 Å². The van der Waals surface area contributed by atoms with Crippen molar-refractivity contribution in [1.82, 2.24) is 0 Å². The Kier molecular flexibility index (Phi) is 5.97. The van der Waals surface area contributed by atoms with Crippen molar-refractivity contribution in [2.24, 2.45) is 0 Å². The lowest BCUT2D eigenvalue weighted by Crippen LogP contribution is -2.31. The molecule has 0 spiro atoms. The van der Waals surface area contributed by atoms with Gasteiger partial charge in [0.05, 0.1) is 4.90 Å². The third kappa shape index (κ3) is 3.87. The summed E-state index contributed by atoms with van der Waals surface area (Å²) in [4.78, 5) is 14.2. The van der Waals surface area contributed by atoms with Crippen LogP contribution in [0, 0.1) is 6.92 Å². The van der Waals surface area contributed by atoms with E-state index in [1.54, 1.807) is 36.4 Å². The maximum Gasteiger partial charge on any atom is 0.295 e. The number of aliphatic hydroxyl groups is 1. The summed E-state index contributed by atoms with van der Waals surface area (Å²) in [7, 11) is -4.14. The lowest BCUT2D eigenvalue weighted by molar-refractivity contribution is -0.117. The van der Waals surface area contributed by atoms with Crippen LogP contribution in [-0.4, -0.2) is 19.4 Å². The minimum Gasteiger partial charge on any atom is -0.502 e. The molecule has 32 heavy (non-hydrogen) atoms. The van der Waals surface area contributed by atoms with E-state index in [9.17, 15) is 18.3 Å². The summed E-state index contributed by atoms with van der Waals surface area (Å²) < 4.78 is 28.1. The SMILES string of the molecule is CCc1ccc([C@H]2C(S(=O)(=O)c3ccc(C)cc3)=C(O)C(=O)N2c2ccc(Br)cc2)cc1. The molecule has 0 fully saturated rings. The zero-order valence-corrected chi connectivity index (χ0v) is 20.0. The Morgan fingerprint density at radius 3 is 2.09 bits per heavy atom. The fraction of sp³-hybridized carbons (Fsp3) is 0.160. The van der Waals surface area contributed by atoms with Crippen molar-refractivity contribution < 1.29 is 18.3 Å². The van der Waals surface area contributed by atoms with Gasteiger partial charge in [0, 0.05) is 10.2 Å². The van der Waals surface area contributed by atoms with Gasteiger partial charge in [0.1, 0.15) is 10.9 Å². The standard InChI is InChI=1S/C25H22BrNO4S/c1-3-17-6-8-18(9-7-17)22-24(32(30,31)21-14-4-16(2)5-15-21)23(28)25(29)27(22)20-12-10-19(26)11-13-20/h4-15,22,28H,3H2,1-2H3/t22-/m0/s1. The lowest BCUT2D eigenvalue weighted by Gasteiger charge is -2.27.